The molecule has 1 heterocycles. The van der Waals surface area contributed by atoms with Crippen LogP contribution in [0.25, 0.3) is 0 Å². The molecule has 0 saturated carbocycles. The van der Waals surface area contributed by atoms with Crippen LogP contribution < -0.4 is 0 Å². The minimum absolute atomic E-state index is 0.780. The van der Waals surface area contributed by atoms with Crippen molar-refractivity contribution < 1.29 is 4.58 Å². The Hall–Kier alpha value is -1.37. The first-order valence-electron chi connectivity index (χ1n) is 7.92. The van der Waals surface area contributed by atoms with E-state index in [1.807, 2.05) is 0 Å². The maximum Gasteiger partial charge on any atom is 0.168 e. The van der Waals surface area contributed by atoms with Gasteiger partial charge < -0.3 is 0 Å². The van der Waals surface area contributed by atoms with Crippen molar-refractivity contribution in [3.05, 3.63) is 47.0 Å². The summed E-state index contributed by atoms with van der Waals surface area (Å²) in [5, 5.41) is 0. The Morgan fingerprint density at radius 3 is 2.75 bits per heavy atom. The summed E-state index contributed by atoms with van der Waals surface area (Å²) < 4.78 is 2.50. The summed E-state index contributed by atoms with van der Waals surface area (Å²) in [6, 6.07) is 8.86. The molecule has 0 bridgehead atoms. The molecule has 0 fully saturated rings. The van der Waals surface area contributed by atoms with E-state index in [-0.39, 0.29) is 0 Å². The van der Waals surface area contributed by atoms with Crippen molar-refractivity contribution in [1.82, 2.24) is 0 Å². The lowest BCUT2D eigenvalue weighted by Gasteiger charge is -2.15. The largest absolute Gasteiger partial charge is 0.235 e. The highest BCUT2D eigenvalue weighted by Crippen LogP contribution is 2.16. The molecule has 1 heteroatoms. The van der Waals surface area contributed by atoms with Gasteiger partial charge in [-0.2, -0.15) is 0 Å². The summed E-state index contributed by atoms with van der Waals surface area (Å²) in [5.41, 5.74) is 4.48. The van der Waals surface area contributed by atoms with Crippen molar-refractivity contribution in [3.63, 3.8) is 0 Å². The fraction of sp³-hybridized carbons (Fsp3) is 0.526. The maximum absolute atomic E-state index is 2.50. The van der Waals surface area contributed by atoms with Crippen LogP contribution in [0.5, 0.6) is 0 Å². The SMILES string of the molecule is CC(C)=CCCC(C)CC=[N+]1CCc2ccccc2C1. The van der Waals surface area contributed by atoms with Crippen molar-refractivity contribution >= 4 is 6.21 Å². The molecule has 108 valence electrons. The standard InChI is InChI=1S/C19H28N/c1-16(2)7-6-8-17(3)11-13-20-14-12-18-9-4-5-10-19(18)15-20/h4-5,7,9-10,13,17H,6,8,11-12,14-15H2,1-3H3/q+1. The quantitative estimate of drug-likeness (QED) is 0.543. The van der Waals surface area contributed by atoms with E-state index in [0.717, 1.165) is 12.5 Å². The second-order valence-corrected chi connectivity index (χ2v) is 6.37. The molecule has 1 unspecified atom stereocenters. The fourth-order valence-electron chi connectivity index (χ4n) is 2.78. The van der Waals surface area contributed by atoms with Crippen molar-refractivity contribution in [2.45, 2.75) is 53.0 Å². The van der Waals surface area contributed by atoms with Gasteiger partial charge in [0.2, 0.25) is 0 Å². The summed E-state index contributed by atoms with van der Waals surface area (Å²) >= 11 is 0. The Labute approximate surface area is 124 Å². The van der Waals surface area contributed by atoms with Gasteiger partial charge in [0, 0.05) is 18.4 Å². The summed E-state index contributed by atoms with van der Waals surface area (Å²) in [6.07, 6.45) is 9.71. The zero-order valence-corrected chi connectivity index (χ0v) is 13.2. The zero-order valence-electron chi connectivity index (χ0n) is 13.2. The number of hydrogen-bond acceptors (Lipinski definition) is 0. The number of benzene rings is 1. The molecule has 1 atom stereocenters. The smallest absolute Gasteiger partial charge is 0.168 e. The zero-order chi connectivity index (χ0) is 14.4. The van der Waals surface area contributed by atoms with Gasteiger partial charge in [-0.15, -0.1) is 0 Å². The minimum Gasteiger partial charge on any atom is -0.235 e. The molecule has 0 aromatic heterocycles. The Morgan fingerprint density at radius 1 is 1.25 bits per heavy atom. The molecule has 0 spiro atoms. The lowest BCUT2D eigenvalue weighted by Crippen LogP contribution is -2.23. The molecule has 0 saturated heterocycles. The van der Waals surface area contributed by atoms with Gasteiger partial charge in [-0.05, 0) is 38.2 Å². The molecule has 1 aromatic carbocycles. The van der Waals surface area contributed by atoms with Crippen LogP contribution in [0.3, 0.4) is 0 Å². The first kappa shape index (κ1) is 15.0. The normalized spacial score (nSPS) is 17.6. The predicted octanol–water partition coefficient (Wildman–Crippen LogP) is 4.60. The second kappa shape index (κ2) is 7.42. The molecule has 1 aliphatic heterocycles. The highest BCUT2D eigenvalue weighted by molar-refractivity contribution is 5.51. The maximum atomic E-state index is 2.50. The molecule has 0 N–H and O–H groups in total. The van der Waals surface area contributed by atoms with Crippen molar-refractivity contribution in [2.75, 3.05) is 6.54 Å². The number of hydrogen-bond donors (Lipinski definition) is 0. The highest BCUT2D eigenvalue weighted by atomic mass is 15.0. The van der Waals surface area contributed by atoms with Gasteiger partial charge >= 0.3 is 0 Å². The van der Waals surface area contributed by atoms with Crippen molar-refractivity contribution in [2.24, 2.45) is 5.92 Å². The lowest BCUT2D eigenvalue weighted by molar-refractivity contribution is -0.544. The highest BCUT2D eigenvalue weighted by Gasteiger charge is 2.16. The van der Waals surface area contributed by atoms with E-state index in [9.17, 15) is 0 Å². The third kappa shape index (κ3) is 4.63. The number of nitrogens with zero attached hydrogens (tertiary/aromatic N) is 1. The second-order valence-electron chi connectivity index (χ2n) is 6.37. The van der Waals surface area contributed by atoms with Crippen molar-refractivity contribution in [3.8, 4) is 0 Å². The van der Waals surface area contributed by atoms with Gasteiger partial charge in [-0.25, -0.2) is 4.58 Å². The van der Waals surface area contributed by atoms with Crippen LogP contribution >= 0.6 is 0 Å². The summed E-state index contributed by atoms with van der Waals surface area (Å²) in [6.45, 7) is 9.01. The first-order valence-corrected chi connectivity index (χ1v) is 7.92. The predicted molar refractivity (Wildman–Crippen MR) is 87.5 cm³/mol. The molecular formula is C19H28N+. The van der Waals surface area contributed by atoms with Crippen LogP contribution in [0, 0.1) is 5.92 Å². The van der Waals surface area contributed by atoms with Gasteiger partial charge in [0.25, 0.3) is 0 Å². The molecule has 0 radical (unpaired) electrons. The first-order chi connectivity index (χ1) is 9.65. The third-order valence-corrected chi connectivity index (χ3v) is 4.14. The van der Waals surface area contributed by atoms with E-state index in [2.05, 4.69) is 61.9 Å². The van der Waals surface area contributed by atoms with Crippen LogP contribution in [0.2, 0.25) is 0 Å². The van der Waals surface area contributed by atoms with E-state index >= 15 is 0 Å². The van der Waals surface area contributed by atoms with Crippen LogP contribution in [0.15, 0.2) is 35.9 Å². The third-order valence-electron chi connectivity index (χ3n) is 4.14. The molecule has 0 aliphatic carbocycles. The van der Waals surface area contributed by atoms with Gasteiger partial charge in [0.15, 0.2) is 6.54 Å². The molecule has 1 aromatic rings. The Balaban J connectivity index is 1.83. The Morgan fingerprint density at radius 2 is 2.00 bits per heavy atom. The Kier molecular flexibility index (Phi) is 5.58. The average molecular weight is 270 g/mol. The van der Waals surface area contributed by atoms with E-state index in [1.54, 1.807) is 0 Å². The molecule has 2 rings (SSSR count). The fourth-order valence-corrected chi connectivity index (χ4v) is 2.78. The van der Waals surface area contributed by atoms with Crippen LogP contribution in [0.1, 0.15) is 51.2 Å². The van der Waals surface area contributed by atoms with Crippen molar-refractivity contribution in [1.29, 1.82) is 0 Å². The molecule has 0 amide bonds. The minimum atomic E-state index is 0.780. The van der Waals surface area contributed by atoms with Gasteiger partial charge in [-0.1, -0.05) is 42.8 Å². The van der Waals surface area contributed by atoms with E-state index in [1.165, 1.54) is 48.9 Å². The van der Waals surface area contributed by atoms with Crippen LogP contribution in [0.4, 0.5) is 0 Å². The molecule has 1 nitrogen and oxygen atoms in total. The monoisotopic (exact) mass is 270 g/mol. The average Bonchev–Trinajstić information content (AvgIpc) is 2.44. The lowest BCUT2D eigenvalue weighted by atomic mass is 9.99. The van der Waals surface area contributed by atoms with Crippen LogP contribution in [-0.2, 0) is 13.0 Å². The summed E-state index contributed by atoms with van der Waals surface area (Å²) in [5.74, 6) is 0.780. The van der Waals surface area contributed by atoms with Gasteiger partial charge in [0.1, 0.15) is 12.8 Å². The van der Waals surface area contributed by atoms with Gasteiger partial charge in [-0.3, -0.25) is 0 Å². The van der Waals surface area contributed by atoms with Crippen LogP contribution in [-0.4, -0.2) is 17.3 Å². The summed E-state index contributed by atoms with van der Waals surface area (Å²) in [7, 11) is 0. The number of fused-ring (bicyclic) bond motifs is 1. The molecular weight excluding hydrogens is 242 g/mol. The topological polar surface area (TPSA) is 3.01 Å². The number of allylic oxidation sites excluding steroid dienone is 2. The van der Waals surface area contributed by atoms with E-state index < -0.39 is 0 Å². The molecule has 1 aliphatic rings. The van der Waals surface area contributed by atoms with E-state index in [0.29, 0.717) is 0 Å². The summed E-state index contributed by atoms with van der Waals surface area (Å²) in [4.78, 5) is 0. The van der Waals surface area contributed by atoms with Gasteiger partial charge in [0.05, 0.1) is 0 Å². The Bertz CT molecular complexity index is 492. The molecule has 20 heavy (non-hydrogen) atoms. The van der Waals surface area contributed by atoms with E-state index in [4.69, 9.17) is 0 Å². The number of rotatable bonds is 5.